The molecule has 1 N–H and O–H groups in total. The van der Waals surface area contributed by atoms with Crippen molar-refractivity contribution in [1.29, 1.82) is 0 Å². The zero-order chi connectivity index (χ0) is 22.6. The zero-order valence-corrected chi connectivity index (χ0v) is 19.6. The highest BCUT2D eigenvalue weighted by Crippen LogP contribution is 2.37. The summed E-state index contributed by atoms with van der Waals surface area (Å²) < 4.78 is 25.3. The summed E-state index contributed by atoms with van der Waals surface area (Å²) in [5.74, 6) is -0.363. The SMILES string of the molecule is COC(=O)C1(CCCNc2ccc(N3CC[C@H](N4CCC[C@@H]4C)C3)cc2F)CCOCC1. The lowest BCUT2D eigenvalue weighted by atomic mass is 9.76. The number of carbonyl (C=O) groups excluding carboxylic acids is 1. The van der Waals surface area contributed by atoms with Crippen LogP contribution in [0.1, 0.15) is 51.9 Å². The molecule has 0 aliphatic carbocycles. The molecule has 4 rings (SSSR count). The van der Waals surface area contributed by atoms with Crippen LogP contribution in [0.15, 0.2) is 18.2 Å². The van der Waals surface area contributed by atoms with E-state index in [0.717, 1.165) is 38.0 Å². The molecule has 178 valence electrons. The smallest absolute Gasteiger partial charge is 0.311 e. The average molecular weight is 448 g/mol. The van der Waals surface area contributed by atoms with Crippen molar-refractivity contribution in [2.24, 2.45) is 5.41 Å². The van der Waals surface area contributed by atoms with Gasteiger partial charge in [-0.25, -0.2) is 4.39 Å². The normalized spacial score (nSPS) is 25.8. The number of hydrogen-bond acceptors (Lipinski definition) is 6. The maximum atomic E-state index is 14.8. The molecule has 0 saturated carbocycles. The van der Waals surface area contributed by atoms with Gasteiger partial charge in [0.1, 0.15) is 5.82 Å². The minimum absolute atomic E-state index is 0.149. The average Bonchev–Trinajstić information content (AvgIpc) is 3.46. The molecule has 0 amide bonds. The molecule has 32 heavy (non-hydrogen) atoms. The first kappa shape index (κ1) is 23.3. The Labute approximate surface area is 191 Å². The monoisotopic (exact) mass is 447 g/mol. The van der Waals surface area contributed by atoms with Crippen LogP contribution in [0.4, 0.5) is 15.8 Å². The molecule has 3 saturated heterocycles. The molecule has 3 heterocycles. The second-order valence-corrected chi connectivity index (χ2v) is 9.70. The summed E-state index contributed by atoms with van der Waals surface area (Å²) in [6, 6.07) is 6.78. The number of hydrogen-bond donors (Lipinski definition) is 1. The lowest BCUT2D eigenvalue weighted by molar-refractivity contribution is -0.159. The van der Waals surface area contributed by atoms with E-state index in [1.54, 1.807) is 6.07 Å². The van der Waals surface area contributed by atoms with E-state index >= 15 is 0 Å². The van der Waals surface area contributed by atoms with E-state index in [1.165, 1.54) is 26.5 Å². The lowest BCUT2D eigenvalue weighted by Crippen LogP contribution is -2.39. The molecule has 3 fully saturated rings. The van der Waals surface area contributed by atoms with Crippen LogP contribution < -0.4 is 10.2 Å². The van der Waals surface area contributed by atoms with Gasteiger partial charge in [-0.2, -0.15) is 0 Å². The number of nitrogens with one attached hydrogen (secondary N) is 1. The van der Waals surface area contributed by atoms with Crippen molar-refractivity contribution in [2.75, 3.05) is 56.7 Å². The van der Waals surface area contributed by atoms with Crippen LogP contribution in [0.5, 0.6) is 0 Å². The Morgan fingerprint density at radius 2 is 2.09 bits per heavy atom. The van der Waals surface area contributed by atoms with E-state index in [0.29, 0.717) is 50.4 Å². The first-order valence-corrected chi connectivity index (χ1v) is 12.2. The molecule has 1 aromatic carbocycles. The van der Waals surface area contributed by atoms with E-state index in [9.17, 15) is 9.18 Å². The third-order valence-electron chi connectivity index (χ3n) is 7.77. The summed E-state index contributed by atoms with van der Waals surface area (Å²) in [4.78, 5) is 17.3. The number of ether oxygens (including phenoxy) is 2. The molecule has 7 heteroatoms. The van der Waals surface area contributed by atoms with Gasteiger partial charge in [0.05, 0.1) is 18.2 Å². The van der Waals surface area contributed by atoms with Gasteiger partial charge in [0, 0.05) is 50.6 Å². The molecule has 0 bridgehead atoms. The van der Waals surface area contributed by atoms with E-state index in [2.05, 4.69) is 22.0 Å². The Morgan fingerprint density at radius 1 is 1.28 bits per heavy atom. The molecule has 6 nitrogen and oxygen atoms in total. The van der Waals surface area contributed by atoms with E-state index in [-0.39, 0.29) is 11.8 Å². The standard InChI is InChI=1S/C25H38FN3O3/c1-19-5-3-13-29(19)21-8-14-28(18-21)20-6-7-23(22(26)17-20)27-12-4-9-25(24(30)31-2)10-15-32-16-11-25/h6-7,17,19,21,27H,3-5,8-16,18H2,1-2H3/t19-,21-/m0/s1. The third kappa shape index (κ3) is 5.04. The quantitative estimate of drug-likeness (QED) is 0.479. The summed E-state index contributed by atoms with van der Waals surface area (Å²) in [6.07, 6.45) is 6.61. The predicted octanol–water partition coefficient (Wildman–Crippen LogP) is 4.05. The molecule has 0 radical (unpaired) electrons. The number of nitrogens with zero attached hydrogens (tertiary/aromatic N) is 2. The van der Waals surface area contributed by atoms with Crippen molar-refractivity contribution >= 4 is 17.3 Å². The van der Waals surface area contributed by atoms with Gasteiger partial charge in [-0.3, -0.25) is 9.69 Å². The predicted molar refractivity (Wildman–Crippen MR) is 125 cm³/mol. The molecule has 3 aliphatic rings. The van der Waals surface area contributed by atoms with Crippen LogP contribution in [0, 0.1) is 11.2 Å². The van der Waals surface area contributed by atoms with Crippen molar-refractivity contribution in [2.45, 2.75) is 64.0 Å². The van der Waals surface area contributed by atoms with Crippen molar-refractivity contribution in [1.82, 2.24) is 4.90 Å². The van der Waals surface area contributed by atoms with E-state index in [4.69, 9.17) is 9.47 Å². The number of methoxy groups -OCH3 is 1. The number of benzene rings is 1. The Bertz CT molecular complexity index is 784. The molecule has 1 aromatic rings. The highest BCUT2D eigenvalue weighted by atomic mass is 19.1. The molecule has 2 atom stereocenters. The second-order valence-electron chi connectivity index (χ2n) is 9.70. The first-order chi connectivity index (χ1) is 15.5. The molecule has 0 aromatic heterocycles. The Morgan fingerprint density at radius 3 is 2.78 bits per heavy atom. The van der Waals surface area contributed by atoms with E-state index < -0.39 is 5.41 Å². The van der Waals surface area contributed by atoms with Crippen LogP contribution >= 0.6 is 0 Å². The Kier molecular flexibility index (Phi) is 7.56. The number of anilines is 2. The molecular weight excluding hydrogens is 409 g/mol. The summed E-state index contributed by atoms with van der Waals surface area (Å²) in [5.41, 5.74) is 1.03. The largest absolute Gasteiger partial charge is 0.469 e. The van der Waals surface area contributed by atoms with Gasteiger partial charge >= 0.3 is 5.97 Å². The van der Waals surface area contributed by atoms with Crippen LogP contribution in [0.25, 0.3) is 0 Å². The fraction of sp³-hybridized carbons (Fsp3) is 0.720. The van der Waals surface area contributed by atoms with Gasteiger partial charge in [-0.05, 0) is 76.6 Å². The van der Waals surface area contributed by atoms with Crippen LogP contribution in [0.2, 0.25) is 0 Å². The lowest BCUT2D eigenvalue weighted by Gasteiger charge is -2.34. The molecule has 0 unspecified atom stereocenters. The molecule has 3 aliphatic heterocycles. The van der Waals surface area contributed by atoms with Crippen LogP contribution in [-0.4, -0.2) is 69.5 Å². The van der Waals surface area contributed by atoms with Crippen molar-refractivity contribution in [3.8, 4) is 0 Å². The van der Waals surface area contributed by atoms with Gasteiger partial charge in [-0.1, -0.05) is 0 Å². The van der Waals surface area contributed by atoms with Crippen molar-refractivity contribution < 1.29 is 18.7 Å². The summed E-state index contributed by atoms with van der Waals surface area (Å²) in [5, 5.41) is 3.22. The second kappa shape index (κ2) is 10.4. The summed E-state index contributed by atoms with van der Waals surface area (Å²) in [7, 11) is 1.45. The number of esters is 1. The highest BCUT2D eigenvalue weighted by Gasteiger charge is 2.40. The van der Waals surface area contributed by atoms with Gasteiger partial charge in [0.15, 0.2) is 0 Å². The molecular formula is C25H38FN3O3. The fourth-order valence-electron chi connectivity index (χ4n) is 5.77. The van der Waals surface area contributed by atoms with Crippen LogP contribution in [0.3, 0.4) is 0 Å². The van der Waals surface area contributed by atoms with Crippen LogP contribution in [-0.2, 0) is 14.3 Å². The minimum Gasteiger partial charge on any atom is -0.469 e. The van der Waals surface area contributed by atoms with Gasteiger partial charge < -0.3 is 19.7 Å². The number of rotatable bonds is 8. The van der Waals surface area contributed by atoms with Crippen molar-refractivity contribution in [3.63, 3.8) is 0 Å². The highest BCUT2D eigenvalue weighted by molar-refractivity contribution is 5.76. The minimum atomic E-state index is -0.462. The van der Waals surface area contributed by atoms with Gasteiger partial charge in [0.2, 0.25) is 0 Å². The number of halogens is 1. The summed E-state index contributed by atoms with van der Waals surface area (Å²) >= 11 is 0. The van der Waals surface area contributed by atoms with E-state index in [1.807, 2.05) is 12.1 Å². The summed E-state index contributed by atoms with van der Waals surface area (Å²) in [6.45, 7) is 7.29. The molecule has 0 spiro atoms. The topological polar surface area (TPSA) is 54.0 Å². The Balaban J connectivity index is 1.28. The maximum Gasteiger partial charge on any atom is 0.311 e. The van der Waals surface area contributed by atoms with Gasteiger partial charge in [0.25, 0.3) is 0 Å². The maximum absolute atomic E-state index is 14.8. The number of carbonyl (C=O) groups is 1. The Hall–Kier alpha value is -1.86. The first-order valence-electron chi connectivity index (χ1n) is 12.2. The zero-order valence-electron chi connectivity index (χ0n) is 19.6. The third-order valence-corrected chi connectivity index (χ3v) is 7.77. The van der Waals surface area contributed by atoms with Crippen molar-refractivity contribution in [3.05, 3.63) is 24.0 Å². The number of likely N-dealkylation sites (tertiary alicyclic amines) is 1. The fourth-order valence-corrected chi connectivity index (χ4v) is 5.77. The van der Waals surface area contributed by atoms with Gasteiger partial charge in [-0.15, -0.1) is 0 Å².